The zero-order valence-corrected chi connectivity index (χ0v) is 11.2. The van der Waals surface area contributed by atoms with E-state index in [0.29, 0.717) is 6.04 Å². The second-order valence-corrected chi connectivity index (χ2v) is 5.52. The number of hydrogen-bond acceptors (Lipinski definition) is 3. The highest BCUT2D eigenvalue weighted by atomic mass is 32.2. The van der Waals surface area contributed by atoms with Crippen LogP contribution in [0.2, 0.25) is 0 Å². The van der Waals surface area contributed by atoms with Gasteiger partial charge >= 0.3 is 6.18 Å². The first-order valence-electron chi connectivity index (χ1n) is 6.12. The van der Waals surface area contributed by atoms with Gasteiger partial charge in [0.25, 0.3) is 0 Å². The minimum absolute atomic E-state index is 0.0131. The van der Waals surface area contributed by atoms with E-state index in [1.165, 1.54) is 30.2 Å². The topological polar surface area (TPSA) is 21.3 Å². The third-order valence-corrected chi connectivity index (χ3v) is 3.56. The van der Waals surface area contributed by atoms with Gasteiger partial charge in [-0.3, -0.25) is 0 Å². The molecule has 0 bridgehead atoms. The van der Waals surface area contributed by atoms with E-state index >= 15 is 0 Å². The first-order valence-corrected chi connectivity index (χ1v) is 7.11. The molecule has 1 aromatic carbocycles. The molecule has 1 N–H and O–H groups in total. The van der Waals surface area contributed by atoms with Gasteiger partial charge in [-0.2, -0.15) is 13.2 Å². The SMILES string of the molecule is FC(F)(F)COCSc1ccc(CNC2CC2)cc1. The maximum Gasteiger partial charge on any atom is 0.411 e. The molecule has 1 fully saturated rings. The molecule has 1 aliphatic carbocycles. The van der Waals surface area contributed by atoms with Gasteiger partial charge in [-0.15, -0.1) is 0 Å². The van der Waals surface area contributed by atoms with Crippen molar-refractivity contribution in [3.63, 3.8) is 0 Å². The molecule has 6 heteroatoms. The Kier molecular flexibility index (Phi) is 5.13. The molecule has 0 aromatic heterocycles. The number of halogens is 3. The smallest absolute Gasteiger partial charge is 0.361 e. The lowest BCUT2D eigenvalue weighted by Crippen LogP contribution is -2.16. The van der Waals surface area contributed by atoms with Crippen molar-refractivity contribution in [1.82, 2.24) is 5.32 Å². The number of nitrogens with one attached hydrogen (secondary N) is 1. The summed E-state index contributed by atoms with van der Waals surface area (Å²) in [7, 11) is 0. The maximum absolute atomic E-state index is 11.8. The zero-order valence-electron chi connectivity index (χ0n) is 10.4. The average molecular weight is 291 g/mol. The number of thioether (sulfide) groups is 1. The number of rotatable bonds is 7. The first-order chi connectivity index (χ1) is 9.03. The van der Waals surface area contributed by atoms with E-state index in [-0.39, 0.29) is 5.94 Å². The summed E-state index contributed by atoms with van der Waals surface area (Å²) in [5, 5.41) is 3.40. The molecule has 0 heterocycles. The van der Waals surface area contributed by atoms with E-state index in [1.807, 2.05) is 24.3 Å². The molecular formula is C13H16F3NOS. The Hall–Kier alpha value is -0.720. The predicted molar refractivity (Wildman–Crippen MR) is 69.0 cm³/mol. The minimum atomic E-state index is -4.25. The van der Waals surface area contributed by atoms with Gasteiger partial charge in [0.05, 0.1) is 5.94 Å². The van der Waals surface area contributed by atoms with Gasteiger partial charge in [0.15, 0.2) is 0 Å². The highest BCUT2D eigenvalue weighted by Gasteiger charge is 2.27. The summed E-state index contributed by atoms with van der Waals surface area (Å²) in [6.07, 6.45) is -1.74. The molecule has 0 saturated heterocycles. The molecule has 2 rings (SSSR count). The van der Waals surface area contributed by atoms with Crippen molar-refractivity contribution < 1.29 is 17.9 Å². The number of hydrogen-bond donors (Lipinski definition) is 1. The molecule has 1 saturated carbocycles. The number of benzene rings is 1. The van der Waals surface area contributed by atoms with Crippen LogP contribution in [0.15, 0.2) is 29.2 Å². The van der Waals surface area contributed by atoms with Crippen LogP contribution in [0.25, 0.3) is 0 Å². The zero-order chi connectivity index (χ0) is 13.7. The van der Waals surface area contributed by atoms with Crippen LogP contribution in [0.5, 0.6) is 0 Å². The van der Waals surface area contributed by atoms with Gasteiger partial charge in [0, 0.05) is 17.5 Å². The molecule has 19 heavy (non-hydrogen) atoms. The van der Waals surface area contributed by atoms with E-state index in [9.17, 15) is 13.2 Å². The Labute approximate surface area is 114 Å². The molecule has 0 amide bonds. The van der Waals surface area contributed by atoms with Crippen molar-refractivity contribution in [3.8, 4) is 0 Å². The van der Waals surface area contributed by atoms with Crippen LogP contribution in [0.4, 0.5) is 13.2 Å². The summed E-state index contributed by atoms with van der Waals surface area (Å²) in [6.45, 7) is -0.344. The highest BCUT2D eigenvalue weighted by molar-refractivity contribution is 7.99. The Morgan fingerprint density at radius 1 is 1.21 bits per heavy atom. The van der Waals surface area contributed by atoms with E-state index in [0.717, 1.165) is 11.4 Å². The van der Waals surface area contributed by atoms with E-state index < -0.39 is 12.8 Å². The lowest BCUT2D eigenvalue weighted by Gasteiger charge is -2.08. The number of ether oxygens (including phenoxy) is 1. The van der Waals surface area contributed by atoms with Crippen LogP contribution in [0, 0.1) is 0 Å². The summed E-state index contributed by atoms with van der Waals surface area (Å²) in [5.74, 6) is 0.0131. The Bertz CT molecular complexity index is 390. The highest BCUT2D eigenvalue weighted by Crippen LogP contribution is 2.22. The quantitative estimate of drug-likeness (QED) is 0.471. The Morgan fingerprint density at radius 3 is 2.47 bits per heavy atom. The predicted octanol–water partition coefficient (Wildman–Crippen LogP) is 3.57. The van der Waals surface area contributed by atoms with Crippen molar-refractivity contribution in [3.05, 3.63) is 29.8 Å². The Morgan fingerprint density at radius 2 is 1.89 bits per heavy atom. The summed E-state index contributed by atoms with van der Waals surface area (Å²) in [6, 6.07) is 8.46. The molecule has 2 nitrogen and oxygen atoms in total. The monoisotopic (exact) mass is 291 g/mol. The van der Waals surface area contributed by atoms with Crippen LogP contribution in [0.1, 0.15) is 18.4 Å². The lowest BCUT2D eigenvalue weighted by atomic mass is 10.2. The molecular weight excluding hydrogens is 275 g/mol. The van der Waals surface area contributed by atoms with Crippen molar-refractivity contribution in [2.24, 2.45) is 0 Å². The van der Waals surface area contributed by atoms with E-state index in [2.05, 4.69) is 10.1 Å². The fourth-order valence-corrected chi connectivity index (χ4v) is 2.15. The third-order valence-electron chi connectivity index (χ3n) is 2.67. The summed E-state index contributed by atoms with van der Waals surface area (Å²) in [4.78, 5) is 0.914. The first kappa shape index (κ1) is 14.7. The molecule has 0 radical (unpaired) electrons. The average Bonchev–Trinajstić information content (AvgIpc) is 3.16. The molecule has 0 atom stereocenters. The van der Waals surface area contributed by atoms with Gasteiger partial charge in [0.2, 0.25) is 0 Å². The van der Waals surface area contributed by atoms with Crippen LogP contribution in [-0.2, 0) is 11.3 Å². The maximum atomic E-state index is 11.8. The van der Waals surface area contributed by atoms with E-state index in [4.69, 9.17) is 0 Å². The number of alkyl halides is 3. The summed E-state index contributed by atoms with van der Waals surface area (Å²) in [5.41, 5.74) is 1.19. The van der Waals surface area contributed by atoms with Crippen LogP contribution in [0.3, 0.4) is 0 Å². The molecule has 1 aromatic rings. The minimum Gasteiger partial charge on any atom is -0.361 e. The van der Waals surface area contributed by atoms with Gasteiger partial charge in [-0.1, -0.05) is 23.9 Å². The second-order valence-electron chi connectivity index (χ2n) is 4.52. The standard InChI is InChI=1S/C13H16F3NOS/c14-13(15,16)8-18-9-19-12-5-1-10(2-6-12)7-17-11-3-4-11/h1-2,5-6,11,17H,3-4,7-9H2. The van der Waals surface area contributed by atoms with E-state index in [1.54, 1.807) is 0 Å². The summed E-state index contributed by atoms with van der Waals surface area (Å²) < 4.78 is 40.1. The largest absolute Gasteiger partial charge is 0.411 e. The fraction of sp³-hybridized carbons (Fsp3) is 0.538. The van der Waals surface area contributed by atoms with Crippen LogP contribution >= 0.6 is 11.8 Å². The summed E-state index contributed by atoms with van der Waals surface area (Å²) >= 11 is 1.26. The molecule has 0 spiro atoms. The van der Waals surface area contributed by atoms with Gasteiger partial charge in [-0.25, -0.2) is 0 Å². The van der Waals surface area contributed by atoms with Crippen LogP contribution in [-0.4, -0.2) is 24.8 Å². The van der Waals surface area contributed by atoms with Crippen molar-refractivity contribution in [1.29, 1.82) is 0 Å². The Balaban J connectivity index is 1.66. The third kappa shape index (κ3) is 6.31. The second kappa shape index (κ2) is 6.63. The van der Waals surface area contributed by atoms with Crippen molar-refractivity contribution >= 4 is 11.8 Å². The molecule has 0 unspecified atom stereocenters. The molecule has 106 valence electrons. The normalized spacial score (nSPS) is 15.7. The lowest BCUT2D eigenvalue weighted by molar-refractivity contribution is -0.168. The van der Waals surface area contributed by atoms with Crippen molar-refractivity contribution in [2.75, 3.05) is 12.5 Å². The fourth-order valence-electron chi connectivity index (χ4n) is 1.52. The molecule has 0 aliphatic heterocycles. The van der Waals surface area contributed by atoms with Crippen molar-refractivity contribution in [2.45, 2.75) is 36.5 Å². The van der Waals surface area contributed by atoms with Gasteiger partial charge in [0.1, 0.15) is 6.61 Å². The van der Waals surface area contributed by atoms with Crippen LogP contribution < -0.4 is 5.32 Å². The molecule has 1 aliphatic rings. The van der Waals surface area contributed by atoms with Gasteiger partial charge < -0.3 is 10.1 Å². The van der Waals surface area contributed by atoms with Gasteiger partial charge in [-0.05, 0) is 30.5 Å².